The zero-order valence-electron chi connectivity index (χ0n) is 9.07. The Morgan fingerprint density at radius 1 is 1.27 bits per heavy atom. The van der Waals surface area contributed by atoms with E-state index in [2.05, 4.69) is 5.32 Å². The van der Waals surface area contributed by atoms with Gasteiger partial charge in [0.05, 0.1) is 13.0 Å². The number of hydrogen-bond donors (Lipinski definition) is 1. The molecule has 0 unspecified atom stereocenters. The third kappa shape index (κ3) is 11.1. The van der Waals surface area contributed by atoms with E-state index in [1.54, 1.807) is 20.8 Å². The Morgan fingerprint density at radius 3 is 2.20 bits per heavy atom. The monoisotopic (exact) mass is 227 g/mol. The number of rotatable bonds is 4. The van der Waals surface area contributed by atoms with Crippen LogP contribution in [0, 0.1) is 0 Å². The van der Waals surface area contributed by atoms with Crippen LogP contribution in [0.1, 0.15) is 27.2 Å². The van der Waals surface area contributed by atoms with E-state index in [1.807, 2.05) is 0 Å². The fourth-order valence-corrected chi connectivity index (χ4v) is 0.813. The topological polar surface area (TPSA) is 38.3 Å². The molecule has 0 fully saturated rings. The Morgan fingerprint density at radius 2 is 1.80 bits per heavy atom. The van der Waals surface area contributed by atoms with Gasteiger partial charge in [-0.05, 0) is 20.8 Å². The molecule has 0 bridgehead atoms. The van der Waals surface area contributed by atoms with Gasteiger partial charge in [0.1, 0.15) is 5.60 Å². The van der Waals surface area contributed by atoms with Gasteiger partial charge in [-0.15, -0.1) is 0 Å². The summed E-state index contributed by atoms with van der Waals surface area (Å²) in [4.78, 5) is 11.0. The van der Waals surface area contributed by atoms with Crippen LogP contribution in [-0.2, 0) is 9.53 Å². The minimum atomic E-state index is -4.24. The van der Waals surface area contributed by atoms with Gasteiger partial charge in [-0.3, -0.25) is 4.79 Å². The van der Waals surface area contributed by atoms with E-state index in [4.69, 9.17) is 4.74 Å². The van der Waals surface area contributed by atoms with E-state index in [1.165, 1.54) is 0 Å². The molecule has 0 rings (SSSR count). The molecule has 0 aliphatic heterocycles. The first-order chi connectivity index (χ1) is 6.60. The lowest BCUT2D eigenvalue weighted by molar-refractivity contribution is -0.155. The maximum atomic E-state index is 11.7. The largest absolute Gasteiger partial charge is 0.460 e. The highest BCUT2D eigenvalue weighted by Gasteiger charge is 2.26. The number of nitrogens with one attached hydrogen (secondary N) is 1. The minimum absolute atomic E-state index is 0.0333. The molecule has 0 spiro atoms. The van der Waals surface area contributed by atoms with Crippen molar-refractivity contribution in [3.05, 3.63) is 0 Å². The second kappa shape index (κ2) is 5.34. The first-order valence-electron chi connectivity index (χ1n) is 4.59. The van der Waals surface area contributed by atoms with Crippen LogP contribution in [0.15, 0.2) is 0 Å². The zero-order valence-corrected chi connectivity index (χ0v) is 9.07. The Labute approximate surface area is 87.0 Å². The molecule has 1 N–H and O–H groups in total. The minimum Gasteiger partial charge on any atom is -0.460 e. The quantitative estimate of drug-likeness (QED) is 0.588. The molecule has 6 heteroatoms. The van der Waals surface area contributed by atoms with Crippen LogP contribution >= 0.6 is 0 Å². The molecule has 0 aliphatic rings. The van der Waals surface area contributed by atoms with Gasteiger partial charge in [-0.2, -0.15) is 13.2 Å². The molecule has 0 heterocycles. The summed E-state index contributed by atoms with van der Waals surface area (Å²) in [5.74, 6) is -0.503. The van der Waals surface area contributed by atoms with Gasteiger partial charge in [0, 0.05) is 6.54 Å². The standard InChI is InChI=1S/C9H16F3NO2/c1-8(2,3)15-7(14)4-5-13-6-9(10,11)12/h13H,4-6H2,1-3H3. The van der Waals surface area contributed by atoms with Gasteiger partial charge < -0.3 is 10.1 Å². The Balaban J connectivity index is 3.57. The maximum Gasteiger partial charge on any atom is 0.401 e. The lowest BCUT2D eigenvalue weighted by atomic mass is 10.2. The normalized spacial score (nSPS) is 12.7. The van der Waals surface area contributed by atoms with Crippen LogP contribution < -0.4 is 5.32 Å². The van der Waals surface area contributed by atoms with Gasteiger partial charge >= 0.3 is 12.1 Å². The van der Waals surface area contributed by atoms with Crippen LogP contribution in [0.4, 0.5) is 13.2 Å². The predicted molar refractivity (Wildman–Crippen MR) is 49.4 cm³/mol. The number of carbonyl (C=O) groups is 1. The number of alkyl halides is 3. The van der Waals surface area contributed by atoms with E-state index in [-0.39, 0.29) is 13.0 Å². The fourth-order valence-electron chi connectivity index (χ4n) is 0.813. The average molecular weight is 227 g/mol. The van der Waals surface area contributed by atoms with Gasteiger partial charge in [0.15, 0.2) is 0 Å². The smallest absolute Gasteiger partial charge is 0.401 e. The third-order valence-corrected chi connectivity index (χ3v) is 1.25. The Hall–Kier alpha value is -0.780. The molecule has 3 nitrogen and oxygen atoms in total. The van der Waals surface area contributed by atoms with Gasteiger partial charge in [0.2, 0.25) is 0 Å². The molecule has 0 aromatic heterocycles. The summed E-state index contributed by atoms with van der Waals surface area (Å²) in [7, 11) is 0. The number of ether oxygens (including phenoxy) is 1. The summed E-state index contributed by atoms with van der Waals surface area (Å²) in [6.45, 7) is 3.99. The van der Waals surface area contributed by atoms with E-state index >= 15 is 0 Å². The van der Waals surface area contributed by atoms with Crippen molar-refractivity contribution >= 4 is 5.97 Å². The Bertz CT molecular complexity index is 208. The highest BCUT2D eigenvalue weighted by molar-refractivity contribution is 5.70. The van der Waals surface area contributed by atoms with Crippen LogP contribution in [-0.4, -0.2) is 30.8 Å². The molecule has 0 aromatic rings. The predicted octanol–water partition coefficient (Wildman–Crippen LogP) is 1.87. The molecule has 0 atom stereocenters. The lowest BCUT2D eigenvalue weighted by Gasteiger charge is -2.19. The summed E-state index contributed by atoms with van der Waals surface area (Å²) in [5.41, 5.74) is -0.596. The number of halogens is 3. The fraction of sp³-hybridized carbons (Fsp3) is 0.889. The first kappa shape index (κ1) is 14.2. The second-order valence-corrected chi connectivity index (χ2v) is 4.13. The van der Waals surface area contributed by atoms with Crippen LogP contribution in [0.3, 0.4) is 0 Å². The van der Waals surface area contributed by atoms with Crippen molar-refractivity contribution in [1.29, 1.82) is 0 Å². The average Bonchev–Trinajstić information content (AvgIpc) is 1.92. The van der Waals surface area contributed by atoms with Crippen molar-refractivity contribution in [2.75, 3.05) is 13.1 Å². The van der Waals surface area contributed by atoms with E-state index < -0.39 is 24.3 Å². The summed E-state index contributed by atoms with van der Waals surface area (Å²) >= 11 is 0. The molecule has 0 aromatic carbocycles. The SMILES string of the molecule is CC(C)(C)OC(=O)CCNCC(F)(F)F. The number of carbonyl (C=O) groups excluding carboxylic acids is 1. The van der Waals surface area contributed by atoms with Crippen molar-refractivity contribution in [1.82, 2.24) is 5.32 Å². The third-order valence-electron chi connectivity index (χ3n) is 1.25. The molecule has 0 saturated carbocycles. The molecule has 90 valence electrons. The zero-order chi connectivity index (χ0) is 12.1. The van der Waals surface area contributed by atoms with Crippen LogP contribution in [0.5, 0.6) is 0 Å². The molecular formula is C9H16F3NO2. The Kier molecular flexibility index (Phi) is 5.07. The van der Waals surface area contributed by atoms with Crippen molar-refractivity contribution < 1.29 is 22.7 Å². The maximum absolute atomic E-state index is 11.7. The van der Waals surface area contributed by atoms with Crippen LogP contribution in [0.25, 0.3) is 0 Å². The van der Waals surface area contributed by atoms with Gasteiger partial charge in [-0.1, -0.05) is 0 Å². The molecule has 0 aliphatic carbocycles. The summed E-state index contributed by atoms with van der Waals surface area (Å²) in [6, 6.07) is 0. The van der Waals surface area contributed by atoms with Crippen molar-refractivity contribution in [3.63, 3.8) is 0 Å². The molecule has 15 heavy (non-hydrogen) atoms. The second-order valence-electron chi connectivity index (χ2n) is 4.13. The van der Waals surface area contributed by atoms with Crippen molar-refractivity contribution in [2.45, 2.75) is 39.0 Å². The highest BCUT2D eigenvalue weighted by atomic mass is 19.4. The number of esters is 1. The molecule has 0 saturated heterocycles. The summed E-state index contributed by atoms with van der Waals surface area (Å²) in [6.07, 6.45) is -4.30. The van der Waals surface area contributed by atoms with E-state index in [9.17, 15) is 18.0 Å². The van der Waals surface area contributed by atoms with E-state index in [0.29, 0.717) is 0 Å². The summed E-state index contributed by atoms with van der Waals surface area (Å²) in [5, 5.41) is 2.12. The lowest BCUT2D eigenvalue weighted by Crippen LogP contribution is -2.32. The number of hydrogen-bond acceptors (Lipinski definition) is 3. The molecular weight excluding hydrogens is 211 g/mol. The molecule has 0 amide bonds. The highest BCUT2D eigenvalue weighted by Crippen LogP contribution is 2.12. The van der Waals surface area contributed by atoms with Gasteiger partial charge in [0.25, 0.3) is 0 Å². The molecule has 0 radical (unpaired) electrons. The summed E-state index contributed by atoms with van der Waals surface area (Å²) < 4.78 is 39.9. The van der Waals surface area contributed by atoms with Crippen LogP contribution in [0.2, 0.25) is 0 Å². The van der Waals surface area contributed by atoms with Crippen molar-refractivity contribution in [2.24, 2.45) is 0 Å². The van der Waals surface area contributed by atoms with Gasteiger partial charge in [-0.25, -0.2) is 0 Å². The first-order valence-corrected chi connectivity index (χ1v) is 4.59. The van der Waals surface area contributed by atoms with E-state index in [0.717, 1.165) is 0 Å². The van der Waals surface area contributed by atoms with Crippen molar-refractivity contribution in [3.8, 4) is 0 Å².